The zero-order chi connectivity index (χ0) is 15.4. The molecule has 6 N–H and O–H groups in total. The van der Waals surface area contributed by atoms with E-state index in [4.69, 9.17) is 17.2 Å². The van der Waals surface area contributed by atoms with Crippen LogP contribution in [0.3, 0.4) is 0 Å². The van der Waals surface area contributed by atoms with Crippen molar-refractivity contribution in [3.8, 4) is 0 Å². The number of rotatable bonds is 2. The molecule has 0 saturated carbocycles. The van der Waals surface area contributed by atoms with Crippen LogP contribution in [0.15, 0.2) is 28.2 Å². The monoisotopic (exact) mass is 289 g/mol. The Balaban J connectivity index is 2.16. The van der Waals surface area contributed by atoms with E-state index in [0.717, 1.165) is 37.4 Å². The number of nitrogens with two attached hydrogens (primary N) is 3. The first-order valence-electron chi connectivity index (χ1n) is 6.93. The molecule has 0 radical (unpaired) electrons. The second-order valence-corrected chi connectivity index (χ2v) is 5.27. The molecule has 1 aromatic carbocycles. The van der Waals surface area contributed by atoms with E-state index in [-0.39, 0.29) is 11.9 Å². The van der Waals surface area contributed by atoms with Crippen molar-refractivity contribution in [2.75, 3.05) is 38.1 Å². The Bertz CT molecular complexity index is 552. The zero-order valence-electron chi connectivity index (χ0n) is 12.6. The van der Waals surface area contributed by atoms with Gasteiger partial charge in [-0.1, -0.05) is 0 Å². The van der Waals surface area contributed by atoms with Gasteiger partial charge in [-0.2, -0.15) is 4.99 Å². The van der Waals surface area contributed by atoms with E-state index < -0.39 is 0 Å². The highest BCUT2D eigenvalue weighted by Crippen LogP contribution is 2.25. The van der Waals surface area contributed by atoms with Crippen LogP contribution in [-0.2, 0) is 0 Å². The Hall–Kier alpha value is -2.28. The van der Waals surface area contributed by atoms with Crippen LogP contribution < -0.4 is 22.1 Å². The van der Waals surface area contributed by atoms with E-state index >= 15 is 0 Å². The highest BCUT2D eigenvalue weighted by Gasteiger charge is 2.14. The van der Waals surface area contributed by atoms with Crippen molar-refractivity contribution in [1.29, 1.82) is 0 Å². The van der Waals surface area contributed by atoms with Gasteiger partial charge in [0.05, 0.1) is 5.69 Å². The fourth-order valence-electron chi connectivity index (χ4n) is 2.31. The highest BCUT2D eigenvalue weighted by atomic mass is 15.2. The summed E-state index contributed by atoms with van der Waals surface area (Å²) in [5, 5.41) is 0. The molecule has 0 bridgehead atoms. The van der Waals surface area contributed by atoms with Crippen molar-refractivity contribution >= 4 is 23.3 Å². The first kappa shape index (κ1) is 15.1. The second-order valence-electron chi connectivity index (χ2n) is 5.27. The lowest BCUT2D eigenvalue weighted by Crippen LogP contribution is -2.44. The standard InChI is InChI=1S/C14H23N7/c1-10-9-11(21-7-5-20(2)6-8-21)3-4-12(10)18-14(17)19-13(15)16/h3-4,9H,5-8H2,1-2H3,(H6,15,16,17,18,19). The number of hydrogen-bond acceptors (Lipinski definition) is 3. The molecule has 0 aliphatic carbocycles. The van der Waals surface area contributed by atoms with Gasteiger partial charge < -0.3 is 27.0 Å². The summed E-state index contributed by atoms with van der Waals surface area (Å²) in [4.78, 5) is 12.6. The number of guanidine groups is 2. The minimum atomic E-state index is -0.0945. The molecule has 1 heterocycles. The molecule has 0 spiro atoms. The summed E-state index contributed by atoms with van der Waals surface area (Å²) in [6.45, 7) is 6.23. The van der Waals surface area contributed by atoms with Crippen molar-refractivity contribution in [3.63, 3.8) is 0 Å². The quantitative estimate of drug-likeness (QED) is 0.523. The molecular weight excluding hydrogens is 266 g/mol. The van der Waals surface area contributed by atoms with E-state index in [1.54, 1.807) is 0 Å². The summed E-state index contributed by atoms with van der Waals surface area (Å²) in [6.07, 6.45) is 0. The first-order valence-corrected chi connectivity index (χ1v) is 6.93. The summed E-state index contributed by atoms with van der Waals surface area (Å²) < 4.78 is 0. The Labute approximate surface area is 125 Å². The van der Waals surface area contributed by atoms with Crippen LogP contribution in [0.4, 0.5) is 11.4 Å². The van der Waals surface area contributed by atoms with Crippen LogP contribution in [0.25, 0.3) is 0 Å². The van der Waals surface area contributed by atoms with Crippen LogP contribution in [0.1, 0.15) is 5.56 Å². The van der Waals surface area contributed by atoms with Gasteiger partial charge in [0.2, 0.25) is 5.96 Å². The molecule has 1 fully saturated rings. The average molecular weight is 289 g/mol. The summed E-state index contributed by atoms with van der Waals surface area (Å²) >= 11 is 0. The van der Waals surface area contributed by atoms with E-state index in [9.17, 15) is 0 Å². The smallest absolute Gasteiger partial charge is 0.223 e. The number of hydrogen-bond donors (Lipinski definition) is 3. The third-order valence-electron chi connectivity index (χ3n) is 3.53. The summed E-state index contributed by atoms with van der Waals surface area (Å²) in [7, 11) is 2.15. The topological polar surface area (TPSA) is 109 Å². The Morgan fingerprint density at radius 2 is 1.76 bits per heavy atom. The van der Waals surface area contributed by atoms with E-state index in [1.807, 2.05) is 13.0 Å². The summed E-state index contributed by atoms with van der Waals surface area (Å²) in [5.74, 6) is -0.0339. The van der Waals surface area contributed by atoms with Crippen LogP contribution in [0.5, 0.6) is 0 Å². The zero-order valence-corrected chi connectivity index (χ0v) is 12.6. The maximum Gasteiger partial charge on any atom is 0.223 e. The molecule has 0 amide bonds. The Morgan fingerprint density at radius 3 is 2.33 bits per heavy atom. The Kier molecular flexibility index (Phi) is 4.64. The number of aryl methyl sites for hydroxylation is 1. The SMILES string of the molecule is Cc1cc(N2CCN(C)CC2)ccc1N=C(N)N=C(N)N. The average Bonchev–Trinajstić information content (AvgIpc) is 2.41. The molecule has 0 unspecified atom stereocenters. The molecular formula is C14H23N7. The van der Waals surface area contributed by atoms with E-state index in [1.165, 1.54) is 5.69 Å². The lowest BCUT2D eigenvalue weighted by Gasteiger charge is -2.34. The van der Waals surface area contributed by atoms with Gasteiger partial charge in [-0.05, 0) is 37.7 Å². The number of anilines is 1. The van der Waals surface area contributed by atoms with Gasteiger partial charge >= 0.3 is 0 Å². The lowest BCUT2D eigenvalue weighted by atomic mass is 10.1. The van der Waals surface area contributed by atoms with Crippen LogP contribution in [0, 0.1) is 6.92 Å². The van der Waals surface area contributed by atoms with E-state index in [0.29, 0.717) is 0 Å². The largest absolute Gasteiger partial charge is 0.370 e. The predicted molar refractivity (Wildman–Crippen MR) is 88.0 cm³/mol. The fourth-order valence-corrected chi connectivity index (χ4v) is 2.31. The predicted octanol–water partition coefficient (Wildman–Crippen LogP) is -0.0336. The number of aliphatic imine (C=N–C) groups is 2. The van der Waals surface area contributed by atoms with Gasteiger partial charge in [0.25, 0.3) is 0 Å². The van der Waals surface area contributed by atoms with Crippen molar-refractivity contribution < 1.29 is 0 Å². The third-order valence-corrected chi connectivity index (χ3v) is 3.53. The first-order chi connectivity index (χ1) is 9.95. The van der Waals surface area contributed by atoms with Gasteiger partial charge in [-0.3, -0.25) is 0 Å². The minimum absolute atomic E-state index is 0.0606. The van der Waals surface area contributed by atoms with Crippen molar-refractivity contribution in [2.45, 2.75) is 6.92 Å². The molecule has 1 aliphatic heterocycles. The molecule has 2 rings (SSSR count). The number of piperazine rings is 1. The summed E-state index contributed by atoms with van der Waals surface area (Å²) in [5.41, 5.74) is 19.2. The van der Waals surface area contributed by atoms with Gasteiger partial charge in [-0.15, -0.1) is 0 Å². The van der Waals surface area contributed by atoms with Crippen LogP contribution in [-0.4, -0.2) is 50.0 Å². The lowest BCUT2D eigenvalue weighted by molar-refractivity contribution is 0.313. The van der Waals surface area contributed by atoms with Gasteiger partial charge in [0, 0.05) is 31.9 Å². The minimum Gasteiger partial charge on any atom is -0.370 e. The maximum atomic E-state index is 5.66. The molecule has 7 heteroatoms. The number of benzene rings is 1. The van der Waals surface area contributed by atoms with Gasteiger partial charge in [0.15, 0.2) is 5.96 Å². The molecule has 1 saturated heterocycles. The van der Waals surface area contributed by atoms with Gasteiger partial charge in [-0.25, -0.2) is 4.99 Å². The highest BCUT2D eigenvalue weighted by molar-refractivity contribution is 5.93. The molecule has 1 aromatic rings. The second kappa shape index (κ2) is 6.45. The Morgan fingerprint density at radius 1 is 1.10 bits per heavy atom. The van der Waals surface area contributed by atoms with E-state index in [2.05, 4.69) is 39.0 Å². The molecule has 7 nitrogen and oxygen atoms in total. The van der Waals surface area contributed by atoms with Crippen LogP contribution in [0.2, 0.25) is 0 Å². The number of nitrogens with zero attached hydrogens (tertiary/aromatic N) is 4. The maximum absolute atomic E-state index is 5.66. The molecule has 21 heavy (non-hydrogen) atoms. The van der Waals surface area contributed by atoms with Crippen molar-refractivity contribution in [2.24, 2.45) is 27.2 Å². The van der Waals surface area contributed by atoms with Crippen molar-refractivity contribution in [3.05, 3.63) is 23.8 Å². The normalized spacial score (nSPS) is 16.9. The molecule has 114 valence electrons. The third kappa shape index (κ3) is 4.09. The molecule has 0 aromatic heterocycles. The summed E-state index contributed by atoms with van der Waals surface area (Å²) in [6, 6.07) is 6.12. The van der Waals surface area contributed by atoms with Crippen LogP contribution >= 0.6 is 0 Å². The van der Waals surface area contributed by atoms with Gasteiger partial charge in [0.1, 0.15) is 0 Å². The molecule has 0 atom stereocenters. The fraction of sp³-hybridized carbons (Fsp3) is 0.429. The van der Waals surface area contributed by atoms with Crippen molar-refractivity contribution in [1.82, 2.24) is 4.90 Å². The number of likely N-dealkylation sites (N-methyl/N-ethyl adjacent to an activating group) is 1. The molecule has 1 aliphatic rings.